The summed E-state index contributed by atoms with van der Waals surface area (Å²) in [6.45, 7) is 6.01. The molecule has 0 saturated heterocycles. The van der Waals surface area contributed by atoms with E-state index in [9.17, 15) is 9.59 Å². The van der Waals surface area contributed by atoms with E-state index in [2.05, 4.69) is 6.92 Å². The van der Waals surface area contributed by atoms with Crippen molar-refractivity contribution in [1.29, 1.82) is 0 Å². The number of aryl methyl sites for hydroxylation is 1. The van der Waals surface area contributed by atoms with Gasteiger partial charge in [-0.2, -0.15) is 0 Å². The fourth-order valence-electron chi connectivity index (χ4n) is 3.17. The minimum atomic E-state index is -0.128. The van der Waals surface area contributed by atoms with Gasteiger partial charge in [0.1, 0.15) is 0 Å². The quantitative estimate of drug-likeness (QED) is 0.537. The highest BCUT2D eigenvalue weighted by molar-refractivity contribution is 8.03. The third-order valence-electron chi connectivity index (χ3n) is 4.69. The SMILES string of the molecule is Cc1cccc(C(=O)C2=C(Sc3ccccc3)CC(C)CC2=O)c1C. The van der Waals surface area contributed by atoms with Gasteiger partial charge < -0.3 is 0 Å². The van der Waals surface area contributed by atoms with Gasteiger partial charge in [0.05, 0.1) is 5.57 Å². The minimum absolute atomic E-state index is 0.0249. The normalized spacial score (nSPS) is 17.7. The van der Waals surface area contributed by atoms with E-state index in [0.717, 1.165) is 27.3 Å². The molecule has 25 heavy (non-hydrogen) atoms. The Balaban J connectivity index is 2.06. The van der Waals surface area contributed by atoms with E-state index < -0.39 is 0 Å². The van der Waals surface area contributed by atoms with E-state index in [4.69, 9.17) is 0 Å². The average Bonchev–Trinajstić information content (AvgIpc) is 2.57. The second-order valence-electron chi connectivity index (χ2n) is 6.73. The molecule has 0 spiro atoms. The van der Waals surface area contributed by atoms with Gasteiger partial charge in [0.25, 0.3) is 0 Å². The van der Waals surface area contributed by atoms with Gasteiger partial charge in [0.2, 0.25) is 0 Å². The van der Waals surface area contributed by atoms with E-state index in [1.165, 1.54) is 0 Å². The summed E-state index contributed by atoms with van der Waals surface area (Å²) in [5.74, 6) is 0.119. The van der Waals surface area contributed by atoms with Crippen molar-refractivity contribution in [2.24, 2.45) is 5.92 Å². The molecule has 0 heterocycles. The third kappa shape index (κ3) is 3.77. The zero-order chi connectivity index (χ0) is 18.0. The van der Waals surface area contributed by atoms with Crippen LogP contribution in [-0.4, -0.2) is 11.6 Å². The van der Waals surface area contributed by atoms with Crippen LogP contribution in [0.15, 0.2) is 63.9 Å². The predicted molar refractivity (Wildman–Crippen MR) is 103 cm³/mol. The topological polar surface area (TPSA) is 34.1 Å². The van der Waals surface area contributed by atoms with Crippen molar-refractivity contribution in [3.63, 3.8) is 0 Å². The molecular formula is C22H22O2S. The molecule has 0 amide bonds. The molecule has 0 bridgehead atoms. The fourth-order valence-corrected chi connectivity index (χ4v) is 4.43. The Labute approximate surface area is 153 Å². The van der Waals surface area contributed by atoms with Gasteiger partial charge in [-0.3, -0.25) is 9.59 Å². The maximum Gasteiger partial charge on any atom is 0.197 e. The summed E-state index contributed by atoms with van der Waals surface area (Å²) in [5, 5.41) is 0. The molecule has 0 aliphatic heterocycles. The molecule has 1 aliphatic rings. The van der Waals surface area contributed by atoms with Crippen LogP contribution < -0.4 is 0 Å². The number of carbonyl (C=O) groups excluding carboxylic acids is 2. The smallest absolute Gasteiger partial charge is 0.197 e. The molecule has 0 radical (unpaired) electrons. The maximum absolute atomic E-state index is 13.2. The number of allylic oxidation sites excluding steroid dienone is 2. The number of hydrogen-bond acceptors (Lipinski definition) is 3. The summed E-state index contributed by atoms with van der Waals surface area (Å²) in [5.41, 5.74) is 3.06. The van der Waals surface area contributed by atoms with Gasteiger partial charge in [-0.1, -0.05) is 55.1 Å². The zero-order valence-corrected chi connectivity index (χ0v) is 15.7. The van der Waals surface area contributed by atoms with Crippen LogP contribution in [0.1, 0.15) is 41.3 Å². The fraction of sp³-hybridized carbons (Fsp3) is 0.273. The first kappa shape index (κ1) is 17.7. The van der Waals surface area contributed by atoms with Crippen LogP contribution in [0, 0.1) is 19.8 Å². The third-order valence-corrected chi connectivity index (χ3v) is 5.81. The van der Waals surface area contributed by atoms with Crippen LogP contribution in [0.3, 0.4) is 0 Å². The number of rotatable bonds is 4. The van der Waals surface area contributed by atoms with Gasteiger partial charge >= 0.3 is 0 Å². The van der Waals surface area contributed by atoms with E-state index in [-0.39, 0.29) is 17.5 Å². The average molecular weight is 350 g/mol. The Hall–Kier alpha value is -2.13. The largest absolute Gasteiger partial charge is 0.294 e. The molecule has 1 unspecified atom stereocenters. The summed E-state index contributed by atoms with van der Waals surface area (Å²) in [6, 6.07) is 15.7. The van der Waals surface area contributed by atoms with E-state index in [1.54, 1.807) is 11.8 Å². The molecule has 2 aromatic carbocycles. The molecule has 2 aromatic rings. The highest BCUT2D eigenvalue weighted by Gasteiger charge is 2.31. The number of Topliss-reactive ketones (excluding diaryl/α,β-unsaturated/α-hetero) is 2. The lowest BCUT2D eigenvalue weighted by atomic mass is 9.85. The first-order chi connectivity index (χ1) is 12.0. The van der Waals surface area contributed by atoms with Crippen LogP contribution >= 0.6 is 11.8 Å². The van der Waals surface area contributed by atoms with Crippen molar-refractivity contribution < 1.29 is 9.59 Å². The van der Waals surface area contributed by atoms with Crippen molar-refractivity contribution in [3.05, 3.63) is 75.7 Å². The van der Waals surface area contributed by atoms with Crippen LogP contribution in [0.5, 0.6) is 0 Å². The molecule has 2 nitrogen and oxygen atoms in total. The summed E-state index contributed by atoms with van der Waals surface area (Å²) >= 11 is 1.55. The standard InChI is InChI=1S/C22H22O2S/c1-14-12-19(23)21(20(13-14)25-17-9-5-4-6-10-17)22(24)18-11-7-8-15(2)16(18)3/h4-11,14H,12-13H2,1-3H3. The second-order valence-corrected chi connectivity index (χ2v) is 7.89. The molecule has 0 saturated carbocycles. The molecule has 128 valence electrons. The van der Waals surface area contributed by atoms with Gasteiger partial charge in [0, 0.05) is 21.8 Å². The van der Waals surface area contributed by atoms with E-state index >= 15 is 0 Å². The molecular weight excluding hydrogens is 328 g/mol. The van der Waals surface area contributed by atoms with Crippen molar-refractivity contribution in [3.8, 4) is 0 Å². The summed E-state index contributed by atoms with van der Waals surface area (Å²) in [7, 11) is 0. The van der Waals surface area contributed by atoms with Crippen molar-refractivity contribution in [2.75, 3.05) is 0 Å². The van der Waals surface area contributed by atoms with Crippen LogP contribution in [0.25, 0.3) is 0 Å². The Bertz CT molecular complexity index is 850. The number of ketones is 2. The number of hydrogen-bond donors (Lipinski definition) is 0. The van der Waals surface area contributed by atoms with Crippen molar-refractivity contribution >= 4 is 23.3 Å². The van der Waals surface area contributed by atoms with Gasteiger partial charge in [-0.15, -0.1) is 0 Å². The summed E-state index contributed by atoms with van der Waals surface area (Å²) < 4.78 is 0. The van der Waals surface area contributed by atoms with Crippen molar-refractivity contribution in [2.45, 2.75) is 38.5 Å². The lowest BCUT2D eigenvalue weighted by Gasteiger charge is -2.23. The molecule has 0 N–H and O–H groups in total. The highest BCUT2D eigenvalue weighted by atomic mass is 32.2. The van der Waals surface area contributed by atoms with E-state index in [0.29, 0.717) is 17.6 Å². The second kappa shape index (κ2) is 7.40. The number of carbonyl (C=O) groups is 2. The highest BCUT2D eigenvalue weighted by Crippen LogP contribution is 2.39. The summed E-state index contributed by atoms with van der Waals surface area (Å²) in [6.07, 6.45) is 1.22. The molecule has 0 aromatic heterocycles. The maximum atomic E-state index is 13.2. The van der Waals surface area contributed by atoms with Crippen LogP contribution in [0.2, 0.25) is 0 Å². The lowest BCUT2D eigenvalue weighted by molar-refractivity contribution is -0.116. The molecule has 3 heteroatoms. The Morgan fingerprint density at radius 2 is 1.72 bits per heavy atom. The minimum Gasteiger partial charge on any atom is -0.294 e. The van der Waals surface area contributed by atoms with Gasteiger partial charge in [-0.05, 0) is 49.4 Å². The Kier molecular flexibility index (Phi) is 5.24. The van der Waals surface area contributed by atoms with Crippen LogP contribution in [0.4, 0.5) is 0 Å². The monoisotopic (exact) mass is 350 g/mol. The Morgan fingerprint density at radius 1 is 1.00 bits per heavy atom. The number of benzene rings is 2. The Morgan fingerprint density at radius 3 is 2.44 bits per heavy atom. The van der Waals surface area contributed by atoms with E-state index in [1.807, 2.05) is 62.4 Å². The lowest BCUT2D eigenvalue weighted by Crippen LogP contribution is -2.23. The zero-order valence-electron chi connectivity index (χ0n) is 14.8. The van der Waals surface area contributed by atoms with Crippen molar-refractivity contribution in [1.82, 2.24) is 0 Å². The summed E-state index contributed by atoms with van der Waals surface area (Å²) in [4.78, 5) is 27.9. The first-order valence-electron chi connectivity index (χ1n) is 8.57. The number of thioether (sulfide) groups is 1. The van der Waals surface area contributed by atoms with Gasteiger partial charge in [-0.25, -0.2) is 0 Å². The molecule has 1 aliphatic carbocycles. The molecule has 3 rings (SSSR count). The molecule has 1 atom stereocenters. The molecule has 0 fully saturated rings. The van der Waals surface area contributed by atoms with Crippen LogP contribution in [-0.2, 0) is 4.79 Å². The predicted octanol–water partition coefficient (Wildman–Crippen LogP) is 5.53. The first-order valence-corrected chi connectivity index (χ1v) is 9.39. The van der Waals surface area contributed by atoms with Gasteiger partial charge in [0.15, 0.2) is 11.6 Å².